The van der Waals surface area contributed by atoms with Crippen molar-refractivity contribution < 1.29 is 8.39 Å². The molecule has 0 saturated carbocycles. The lowest BCUT2D eigenvalue weighted by Crippen LogP contribution is -2.00. The fourth-order valence-corrected chi connectivity index (χ4v) is 2.23. The van der Waals surface area contributed by atoms with E-state index in [9.17, 15) is 4.21 Å². The summed E-state index contributed by atoms with van der Waals surface area (Å²) in [4.78, 5) is 0.741. The third-order valence-corrected chi connectivity index (χ3v) is 3.63. The Hall–Kier alpha value is -0.320. The van der Waals surface area contributed by atoms with Crippen LogP contribution in [0.25, 0.3) is 0 Å². The Morgan fingerprint density at radius 1 is 1.33 bits per heavy atom. The Bertz CT molecular complexity index is 309. The minimum atomic E-state index is -1.30. The van der Waals surface area contributed by atoms with Gasteiger partial charge in [0.15, 0.2) is 11.1 Å². The van der Waals surface area contributed by atoms with Gasteiger partial charge in [0.1, 0.15) is 0 Å². The first kappa shape index (κ1) is 12.7. The van der Waals surface area contributed by atoms with Crippen LogP contribution in [0.5, 0.6) is 0 Å². The van der Waals surface area contributed by atoms with E-state index in [0.717, 1.165) is 22.6 Å². The molecule has 1 rings (SSSR count). The first-order valence-electron chi connectivity index (χ1n) is 4.84. The second-order valence-corrected chi connectivity index (χ2v) is 5.38. The molecule has 1 atom stereocenters. The summed E-state index contributed by atoms with van der Waals surface area (Å²) >= 11 is 0.468. The maximum atomic E-state index is 11.6. The van der Waals surface area contributed by atoms with Gasteiger partial charge in [-0.15, -0.1) is 0 Å². The number of hydrogen-bond acceptors (Lipinski definition) is 3. The summed E-state index contributed by atoms with van der Waals surface area (Å²) in [5.74, 6) is 1.05. The summed E-state index contributed by atoms with van der Waals surface area (Å²) in [5.41, 5.74) is 1.16. The highest BCUT2D eigenvalue weighted by atomic mass is 32.2. The van der Waals surface area contributed by atoms with Gasteiger partial charge >= 0.3 is 0 Å². The van der Waals surface area contributed by atoms with Gasteiger partial charge in [-0.1, -0.05) is 17.7 Å². The zero-order chi connectivity index (χ0) is 11.1. The first-order valence-corrected chi connectivity index (χ1v) is 7.31. The molecule has 4 heteroatoms. The molecule has 2 nitrogen and oxygen atoms in total. The van der Waals surface area contributed by atoms with E-state index in [1.807, 2.05) is 31.2 Å². The van der Waals surface area contributed by atoms with Crippen molar-refractivity contribution >= 4 is 22.8 Å². The van der Waals surface area contributed by atoms with E-state index in [2.05, 4.69) is 6.26 Å². The van der Waals surface area contributed by atoms with Crippen molar-refractivity contribution in [3.05, 3.63) is 29.8 Å². The lowest BCUT2D eigenvalue weighted by molar-refractivity contribution is 0.348. The van der Waals surface area contributed by atoms with Crippen molar-refractivity contribution in [2.75, 3.05) is 18.6 Å². The summed E-state index contributed by atoms with van der Waals surface area (Å²) in [6.45, 7) is 2.56. The van der Waals surface area contributed by atoms with E-state index < -0.39 is 11.1 Å². The number of thioether (sulfide) groups is 1. The summed E-state index contributed by atoms with van der Waals surface area (Å²) in [5, 5.41) is 0. The van der Waals surface area contributed by atoms with E-state index in [1.165, 1.54) is 0 Å². The number of rotatable bonds is 6. The summed E-state index contributed by atoms with van der Waals surface area (Å²) in [6, 6.07) is 7.58. The van der Waals surface area contributed by atoms with Crippen LogP contribution in [0.3, 0.4) is 0 Å². The van der Waals surface area contributed by atoms with Crippen LogP contribution in [0.1, 0.15) is 12.0 Å². The SMILES string of the molecule is CSCCCOS(=O)c1ccc(C)cc1. The molecule has 0 N–H and O–H groups in total. The lowest BCUT2D eigenvalue weighted by atomic mass is 10.2. The van der Waals surface area contributed by atoms with Gasteiger partial charge in [0, 0.05) is 0 Å². The molecule has 15 heavy (non-hydrogen) atoms. The van der Waals surface area contributed by atoms with Crippen LogP contribution in [-0.4, -0.2) is 22.8 Å². The van der Waals surface area contributed by atoms with Crippen molar-refractivity contribution in [1.82, 2.24) is 0 Å². The minimum Gasteiger partial charge on any atom is -0.287 e. The molecule has 0 amide bonds. The van der Waals surface area contributed by atoms with Gasteiger partial charge in [0.05, 0.1) is 11.5 Å². The highest BCUT2D eigenvalue weighted by Gasteiger charge is 2.03. The average Bonchev–Trinajstić information content (AvgIpc) is 2.25. The van der Waals surface area contributed by atoms with Crippen LogP contribution in [0.2, 0.25) is 0 Å². The van der Waals surface area contributed by atoms with Crippen molar-refractivity contribution in [1.29, 1.82) is 0 Å². The highest BCUT2D eigenvalue weighted by molar-refractivity contribution is 7.98. The Balaban J connectivity index is 2.37. The van der Waals surface area contributed by atoms with Crippen LogP contribution >= 0.6 is 11.8 Å². The lowest BCUT2D eigenvalue weighted by Gasteiger charge is -2.03. The largest absolute Gasteiger partial charge is 0.287 e. The first-order chi connectivity index (χ1) is 7.24. The number of benzene rings is 1. The standard InChI is InChI=1S/C11H16O2S2/c1-10-4-6-11(7-5-10)15(12)13-8-3-9-14-2/h4-7H,3,8-9H2,1-2H3. The van der Waals surface area contributed by atoms with Crippen LogP contribution in [0.4, 0.5) is 0 Å². The summed E-state index contributed by atoms with van der Waals surface area (Å²) in [6.07, 6.45) is 3.00. The van der Waals surface area contributed by atoms with Crippen molar-refractivity contribution in [2.45, 2.75) is 18.2 Å². The zero-order valence-electron chi connectivity index (χ0n) is 9.06. The fourth-order valence-electron chi connectivity index (χ4n) is 1.06. The third kappa shape index (κ3) is 4.82. The molecule has 0 fully saturated rings. The van der Waals surface area contributed by atoms with Crippen LogP contribution < -0.4 is 0 Å². The molecular formula is C11H16O2S2. The minimum absolute atomic E-state index is 0.557. The summed E-state index contributed by atoms with van der Waals surface area (Å²) < 4.78 is 16.8. The molecule has 1 unspecified atom stereocenters. The predicted molar refractivity (Wildman–Crippen MR) is 66.5 cm³/mol. The monoisotopic (exact) mass is 244 g/mol. The Labute approximate surface area is 98.1 Å². The molecule has 1 aromatic carbocycles. The number of hydrogen-bond donors (Lipinski definition) is 0. The van der Waals surface area contributed by atoms with E-state index in [4.69, 9.17) is 4.18 Å². The van der Waals surface area contributed by atoms with E-state index >= 15 is 0 Å². The van der Waals surface area contributed by atoms with Gasteiger partial charge in [-0.25, -0.2) is 4.21 Å². The fraction of sp³-hybridized carbons (Fsp3) is 0.455. The molecular weight excluding hydrogens is 228 g/mol. The second kappa shape index (κ2) is 7.04. The smallest absolute Gasteiger partial charge is 0.189 e. The van der Waals surface area contributed by atoms with Gasteiger partial charge < -0.3 is 0 Å². The van der Waals surface area contributed by atoms with E-state index in [-0.39, 0.29) is 0 Å². The van der Waals surface area contributed by atoms with Crippen molar-refractivity contribution in [3.63, 3.8) is 0 Å². The predicted octanol–water partition coefficient (Wildman–Crippen LogP) is 2.79. The molecule has 84 valence electrons. The molecule has 0 aromatic heterocycles. The third-order valence-electron chi connectivity index (χ3n) is 1.90. The van der Waals surface area contributed by atoms with Crippen LogP contribution in [0, 0.1) is 6.92 Å². The topological polar surface area (TPSA) is 26.3 Å². The molecule has 0 aliphatic rings. The second-order valence-electron chi connectivity index (χ2n) is 3.22. The molecule has 0 heterocycles. The zero-order valence-corrected chi connectivity index (χ0v) is 10.7. The molecule has 0 aliphatic heterocycles. The van der Waals surface area contributed by atoms with Crippen molar-refractivity contribution in [3.8, 4) is 0 Å². The normalized spacial score (nSPS) is 12.7. The molecule has 0 saturated heterocycles. The maximum Gasteiger partial charge on any atom is 0.189 e. The molecule has 0 radical (unpaired) electrons. The molecule has 0 aliphatic carbocycles. The van der Waals surface area contributed by atoms with Gasteiger partial charge in [-0.3, -0.25) is 4.18 Å². The van der Waals surface area contributed by atoms with Gasteiger partial charge in [-0.05, 0) is 37.5 Å². The van der Waals surface area contributed by atoms with E-state index in [0.29, 0.717) is 6.61 Å². The Morgan fingerprint density at radius 2 is 2.00 bits per heavy atom. The van der Waals surface area contributed by atoms with Crippen molar-refractivity contribution in [2.24, 2.45) is 0 Å². The average molecular weight is 244 g/mol. The number of aryl methyl sites for hydroxylation is 1. The van der Waals surface area contributed by atoms with Crippen LogP contribution in [0.15, 0.2) is 29.2 Å². The quantitative estimate of drug-likeness (QED) is 0.720. The maximum absolute atomic E-state index is 11.6. The van der Waals surface area contributed by atoms with Gasteiger partial charge in [-0.2, -0.15) is 11.8 Å². The van der Waals surface area contributed by atoms with Gasteiger partial charge in [0.25, 0.3) is 0 Å². The molecule has 0 bridgehead atoms. The molecule has 0 spiro atoms. The highest BCUT2D eigenvalue weighted by Crippen LogP contribution is 2.09. The Kier molecular flexibility index (Phi) is 5.98. The molecule has 1 aromatic rings. The van der Waals surface area contributed by atoms with Gasteiger partial charge in [0.2, 0.25) is 0 Å². The van der Waals surface area contributed by atoms with Crippen LogP contribution in [-0.2, 0) is 15.3 Å². The summed E-state index contributed by atoms with van der Waals surface area (Å²) in [7, 11) is 0. The van der Waals surface area contributed by atoms with E-state index in [1.54, 1.807) is 11.8 Å². The Morgan fingerprint density at radius 3 is 2.60 bits per heavy atom.